The summed E-state index contributed by atoms with van der Waals surface area (Å²) in [7, 11) is 0. The largest absolute Gasteiger partial charge is 0.349 e. The monoisotopic (exact) mass is 296 g/mol. The van der Waals surface area contributed by atoms with Gasteiger partial charge in [0.25, 0.3) is 5.91 Å². The highest BCUT2D eigenvalue weighted by atomic mass is 16.2. The first-order valence-corrected chi connectivity index (χ1v) is 7.18. The molecule has 0 radical (unpaired) electrons. The van der Waals surface area contributed by atoms with E-state index in [-0.39, 0.29) is 17.5 Å². The average Bonchev–Trinajstić information content (AvgIpc) is 2.57. The molecular formula is C16H16N4O2. The zero-order valence-corrected chi connectivity index (χ0v) is 12.0. The van der Waals surface area contributed by atoms with Gasteiger partial charge in [0, 0.05) is 37.6 Å². The summed E-state index contributed by atoms with van der Waals surface area (Å²) in [4.78, 5) is 33.5. The molecule has 1 aromatic heterocycles. The second kappa shape index (κ2) is 6.34. The van der Waals surface area contributed by atoms with E-state index < -0.39 is 0 Å². The van der Waals surface area contributed by atoms with Gasteiger partial charge in [-0.3, -0.25) is 14.6 Å². The lowest BCUT2D eigenvalue weighted by Crippen LogP contribution is -2.41. The highest BCUT2D eigenvalue weighted by Crippen LogP contribution is 2.26. The number of hydrogen-bond donors (Lipinski definition) is 1. The number of rotatable bonds is 4. The van der Waals surface area contributed by atoms with Crippen molar-refractivity contribution in [1.29, 1.82) is 0 Å². The predicted octanol–water partition coefficient (Wildman–Crippen LogP) is 1.19. The molecule has 2 aromatic rings. The van der Waals surface area contributed by atoms with E-state index in [0.717, 1.165) is 12.1 Å². The number of benzene rings is 1. The molecule has 1 N–H and O–H groups in total. The third-order valence-corrected chi connectivity index (χ3v) is 3.61. The predicted molar refractivity (Wildman–Crippen MR) is 81.5 cm³/mol. The summed E-state index contributed by atoms with van der Waals surface area (Å²) in [5.74, 6) is -0.196. The fourth-order valence-electron chi connectivity index (χ4n) is 2.53. The van der Waals surface area contributed by atoms with Gasteiger partial charge in [0.15, 0.2) is 0 Å². The van der Waals surface area contributed by atoms with Crippen molar-refractivity contribution in [3.05, 3.63) is 54.1 Å². The van der Waals surface area contributed by atoms with E-state index in [1.807, 2.05) is 24.3 Å². The number of hydrogen-bond acceptors (Lipinski definition) is 4. The Kier molecular flexibility index (Phi) is 4.09. The number of aryl methyl sites for hydroxylation is 1. The Bertz CT molecular complexity index is 688. The molecule has 0 saturated heterocycles. The number of aromatic nitrogens is 2. The lowest BCUT2D eigenvalue weighted by molar-refractivity contribution is -0.118. The molecule has 2 amide bonds. The number of nitrogens with one attached hydrogen (secondary N) is 1. The maximum atomic E-state index is 12.1. The van der Waals surface area contributed by atoms with Gasteiger partial charge in [-0.1, -0.05) is 18.2 Å². The van der Waals surface area contributed by atoms with Crippen molar-refractivity contribution in [2.24, 2.45) is 0 Å². The fourth-order valence-corrected chi connectivity index (χ4v) is 2.53. The van der Waals surface area contributed by atoms with Crippen molar-refractivity contribution >= 4 is 17.5 Å². The van der Waals surface area contributed by atoms with Crippen molar-refractivity contribution in [3.8, 4) is 0 Å². The van der Waals surface area contributed by atoms with E-state index in [2.05, 4.69) is 15.3 Å². The number of anilines is 1. The van der Waals surface area contributed by atoms with Gasteiger partial charge in [0.05, 0.1) is 6.20 Å². The molecule has 0 bridgehead atoms. The van der Waals surface area contributed by atoms with Crippen LogP contribution in [0.1, 0.15) is 22.5 Å². The van der Waals surface area contributed by atoms with Crippen molar-refractivity contribution in [1.82, 2.24) is 15.3 Å². The summed E-state index contributed by atoms with van der Waals surface area (Å²) in [6, 6.07) is 7.87. The van der Waals surface area contributed by atoms with Crippen LogP contribution in [0.25, 0.3) is 0 Å². The third kappa shape index (κ3) is 2.95. The summed E-state index contributed by atoms with van der Waals surface area (Å²) in [6.07, 6.45) is 5.68. The van der Waals surface area contributed by atoms with Crippen LogP contribution in [0.4, 0.5) is 5.69 Å². The minimum atomic E-state index is -0.286. The zero-order valence-electron chi connectivity index (χ0n) is 12.0. The molecule has 0 unspecified atom stereocenters. The number of carbonyl (C=O) groups is 2. The van der Waals surface area contributed by atoms with Gasteiger partial charge in [-0.25, -0.2) is 4.98 Å². The Morgan fingerprint density at radius 1 is 1.23 bits per heavy atom. The molecule has 112 valence electrons. The van der Waals surface area contributed by atoms with Gasteiger partial charge in [-0.2, -0.15) is 0 Å². The first-order valence-electron chi connectivity index (χ1n) is 7.18. The summed E-state index contributed by atoms with van der Waals surface area (Å²) >= 11 is 0. The number of carbonyl (C=O) groups excluding carboxylic acids is 2. The van der Waals surface area contributed by atoms with Crippen LogP contribution < -0.4 is 10.2 Å². The number of para-hydroxylation sites is 1. The van der Waals surface area contributed by atoms with Crippen LogP contribution in [0.15, 0.2) is 42.9 Å². The highest BCUT2D eigenvalue weighted by Gasteiger charge is 2.23. The molecule has 6 heteroatoms. The van der Waals surface area contributed by atoms with E-state index in [1.54, 1.807) is 4.90 Å². The number of nitrogens with zero attached hydrogens (tertiary/aromatic N) is 3. The van der Waals surface area contributed by atoms with Crippen LogP contribution in [-0.2, 0) is 11.2 Å². The second-order valence-electron chi connectivity index (χ2n) is 5.02. The van der Waals surface area contributed by atoms with E-state index in [4.69, 9.17) is 0 Å². The highest BCUT2D eigenvalue weighted by molar-refractivity contribution is 5.96. The quantitative estimate of drug-likeness (QED) is 0.919. The van der Waals surface area contributed by atoms with Crippen molar-refractivity contribution in [2.45, 2.75) is 12.8 Å². The summed E-state index contributed by atoms with van der Waals surface area (Å²) in [6.45, 7) is 0.817. The summed E-state index contributed by atoms with van der Waals surface area (Å²) in [5, 5.41) is 2.76. The topological polar surface area (TPSA) is 75.2 Å². The number of amides is 2. The minimum Gasteiger partial charge on any atom is -0.349 e. The molecule has 3 rings (SSSR count). The van der Waals surface area contributed by atoms with Crippen molar-refractivity contribution in [3.63, 3.8) is 0 Å². The van der Waals surface area contributed by atoms with Crippen LogP contribution in [0, 0.1) is 0 Å². The molecule has 22 heavy (non-hydrogen) atoms. The Morgan fingerprint density at radius 2 is 2.09 bits per heavy atom. The van der Waals surface area contributed by atoms with E-state index in [1.165, 1.54) is 24.2 Å². The molecule has 0 spiro atoms. The molecule has 1 aliphatic heterocycles. The minimum absolute atomic E-state index is 0.0902. The Hall–Kier alpha value is -2.76. The smallest absolute Gasteiger partial charge is 0.271 e. The van der Waals surface area contributed by atoms with Crippen LogP contribution in [-0.4, -0.2) is 34.9 Å². The third-order valence-electron chi connectivity index (χ3n) is 3.61. The number of fused-ring (bicyclic) bond motifs is 1. The van der Waals surface area contributed by atoms with E-state index in [9.17, 15) is 9.59 Å². The Labute approximate surface area is 128 Å². The van der Waals surface area contributed by atoms with Gasteiger partial charge in [-0.05, 0) is 18.1 Å². The normalized spacial score (nSPS) is 13.6. The van der Waals surface area contributed by atoms with Crippen LogP contribution in [0.5, 0.6) is 0 Å². The van der Waals surface area contributed by atoms with Crippen molar-refractivity contribution in [2.75, 3.05) is 18.0 Å². The maximum absolute atomic E-state index is 12.1. The molecule has 1 aliphatic rings. The summed E-state index contributed by atoms with van der Waals surface area (Å²) in [5.41, 5.74) is 2.38. The Balaban J connectivity index is 1.62. The average molecular weight is 296 g/mol. The lowest BCUT2D eigenvalue weighted by Gasteiger charge is -2.29. The fraction of sp³-hybridized carbons (Fsp3) is 0.250. The SMILES string of the molecule is O=C(NCCN1C(=O)CCc2ccccc21)c1cnccn1. The molecule has 0 atom stereocenters. The van der Waals surface area contributed by atoms with Gasteiger partial charge < -0.3 is 10.2 Å². The van der Waals surface area contributed by atoms with Gasteiger partial charge in [0.1, 0.15) is 5.69 Å². The lowest BCUT2D eigenvalue weighted by atomic mass is 10.0. The first kappa shape index (κ1) is 14.2. The molecular weight excluding hydrogens is 280 g/mol. The second-order valence-corrected chi connectivity index (χ2v) is 5.02. The summed E-state index contributed by atoms with van der Waals surface area (Å²) < 4.78 is 0. The van der Waals surface area contributed by atoms with E-state index >= 15 is 0 Å². The van der Waals surface area contributed by atoms with Gasteiger partial charge in [-0.15, -0.1) is 0 Å². The van der Waals surface area contributed by atoms with Gasteiger partial charge >= 0.3 is 0 Å². The zero-order chi connectivity index (χ0) is 15.4. The molecule has 2 heterocycles. The first-order chi connectivity index (χ1) is 10.8. The van der Waals surface area contributed by atoms with Crippen molar-refractivity contribution < 1.29 is 9.59 Å². The standard InChI is InChI=1S/C16H16N4O2/c21-15-6-5-12-3-1-2-4-14(12)20(15)10-9-19-16(22)13-11-17-7-8-18-13/h1-4,7-8,11H,5-6,9-10H2,(H,19,22). The van der Waals surface area contributed by atoms with E-state index in [0.29, 0.717) is 19.5 Å². The Morgan fingerprint density at radius 3 is 2.91 bits per heavy atom. The van der Waals surface area contributed by atoms with Crippen LogP contribution >= 0.6 is 0 Å². The molecule has 1 aromatic carbocycles. The maximum Gasteiger partial charge on any atom is 0.271 e. The molecule has 6 nitrogen and oxygen atoms in total. The van der Waals surface area contributed by atoms with Crippen LogP contribution in [0.2, 0.25) is 0 Å². The van der Waals surface area contributed by atoms with Crippen LogP contribution in [0.3, 0.4) is 0 Å². The van der Waals surface area contributed by atoms with Gasteiger partial charge in [0.2, 0.25) is 5.91 Å². The molecule has 0 saturated carbocycles. The molecule has 0 fully saturated rings. The molecule has 0 aliphatic carbocycles.